The number of methoxy groups -OCH3 is 1. The molecule has 5 rings (SSSR count). The number of ether oxygens (including phenoxy) is 1. The van der Waals surface area contributed by atoms with Crippen molar-refractivity contribution in [2.75, 3.05) is 38.7 Å². The fourth-order valence-electron chi connectivity index (χ4n) is 5.63. The second-order valence-electron chi connectivity index (χ2n) is 10.3. The molecule has 38 heavy (non-hydrogen) atoms. The maximum atomic E-state index is 13.3. The maximum Gasteiger partial charge on any atom is 0.321 e. The van der Waals surface area contributed by atoms with Gasteiger partial charge in [-0.1, -0.05) is 49.1 Å². The number of amides is 2. The first-order valence-corrected chi connectivity index (χ1v) is 13.3. The van der Waals surface area contributed by atoms with Crippen molar-refractivity contribution in [1.29, 1.82) is 0 Å². The van der Waals surface area contributed by atoms with Gasteiger partial charge in [-0.15, -0.1) is 0 Å². The van der Waals surface area contributed by atoms with E-state index < -0.39 is 0 Å². The number of hydrogen-bond donors (Lipinski definition) is 2. The molecule has 6 heteroatoms. The fourth-order valence-corrected chi connectivity index (χ4v) is 5.63. The van der Waals surface area contributed by atoms with Crippen molar-refractivity contribution in [3.63, 3.8) is 0 Å². The summed E-state index contributed by atoms with van der Waals surface area (Å²) in [5.74, 6) is 7.79. The van der Waals surface area contributed by atoms with Crippen LogP contribution in [-0.4, -0.2) is 66.4 Å². The summed E-state index contributed by atoms with van der Waals surface area (Å²) in [6.07, 6.45) is 0.927. The van der Waals surface area contributed by atoms with E-state index in [9.17, 15) is 9.90 Å². The largest absolute Gasteiger partial charge is 0.497 e. The molecule has 0 spiro atoms. The Hall–Kier alpha value is -3.79. The topological polar surface area (TPSA) is 65.0 Å². The predicted molar refractivity (Wildman–Crippen MR) is 150 cm³/mol. The summed E-state index contributed by atoms with van der Waals surface area (Å²) in [5, 5.41) is 13.4. The number of aliphatic hydroxyl groups excluding tert-OH is 1. The van der Waals surface area contributed by atoms with Crippen molar-refractivity contribution >= 4 is 11.7 Å². The van der Waals surface area contributed by atoms with Gasteiger partial charge in [0.2, 0.25) is 0 Å². The Morgan fingerprint density at radius 3 is 2.32 bits per heavy atom. The number of hydrogen-bond acceptors (Lipinski definition) is 4. The van der Waals surface area contributed by atoms with Gasteiger partial charge in [0.25, 0.3) is 0 Å². The first kappa shape index (κ1) is 25.8. The molecule has 2 N–H and O–H groups in total. The lowest BCUT2D eigenvalue weighted by Crippen LogP contribution is -2.68. The number of aliphatic hydroxyl groups is 1. The predicted octanol–water partition coefficient (Wildman–Crippen LogP) is 4.80. The number of benzene rings is 3. The molecule has 2 fully saturated rings. The zero-order chi connectivity index (χ0) is 26.5. The number of carbonyl (C=O) groups is 1. The van der Waals surface area contributed by atoms with Crippen molar-refractivity contribution in [2.45, 2.75) is 31.3 Å². The summed E-state index contributed by atoms with van der Waals surface area (Å²) in [4.78, 5) is 17.6. The van der Waals surface area contributed by atoms with Gasteiger partial charge in [-0.25, -0.2) is 4.79 Å². The van der Waals surface area contributed by atoms with Crippen LogP contribution in [0.15, 0.2) is 78.9 Å². The second-order valence-corrected chi connectivity index (χ2v) is 10.3. The van der Waals surface area contributed by atoms with Crippen LogP contribution in [0.25, 0.3) is 0 Å². The van der Waals surface area contributed by atoms with E-state index in [0.717, 1.165) is 35.5 Å². The van der Waals surface area contributed by atoms with Gasteiger partial charge >= 0.3 is 6.03 Å². The summed E-state index contributed by atoms with van der Waals surface area (Å²) < 4.78 is 5.23. The van der Waals surface area contributed by atoms with Crippen molar-refractivity contribution < 1.29 is 14.6 Å². The zero-order valence-corrected chi connectivity index (χ0v) is 22.0. The SMILES string of the molecule is COc1ccc(NC(=O)N2CCC(C)CN3[C@H](CO)[C@H](c4ccc(C#Cc5ccccc5)cc4)[C@@H]3C2)cc1. The average molecular weight is 510 g/mol. The molecule has 6 nitrogen and oxygen atoms in total. The van der Waals surface area contributed by atoms with E-state index in [1.807, 2.05) is 59.5 Å². The number of nitrogens with zero attached hydrogens (tertiary/aromatic N) is 2. The van der Waals surface area contributed by atoms with Crippen LogP contribution in [0.3, 0.4) is 0 Å². The molecular weight excluding hydrogens is 474 g/mol. The molecule has 0 saturated carbocycles. The minimum atomic E-state index is -0.0954. The van der Waals surface area contributed by atoms with E-state index in [2.05, 4.69) is 53.2 Å². The Balaban J connectivity index is 1.32. The van der Waals surface area contributed by atoms with Gasteiger partial charge in [0, 0.05) is 54.5 Å². The third-order valence-corrected chi connectivity index (χ3v) is 7.74. The Kier molecular flexibility index (Phi) is 7.97. The van der Waals surface area contributed by atoms with Gasteiger partial charge in [-0.05, 0) is 66.4 Å². The van der Waals surface area contributed by atoms with Crippen molar-refractivity contribution in [2.24, 2.45) is 5.92 Å². The highest BCUT2D eigenvalue weighted by molar-refractivity contribution is 5.89. The molecule has 0 aromatic heterocycles. The Bertz CT molecular complexity index is 1280. The maximum absolute atomic E-state index is 13.3. The van der Waals surface area contributed by atoms with Crippen LogP contribution in [0, 0.1) is 17.8 Å². The van der Waals surface area contributed by atoms with Crippen LogP contribution in [0.5, 0.6) is 5.75 Å². The third kappa shape index (κ3) is 5.70. The highest BCUT2D eigenvalue weighted by atomic mass is 16.5. The summed E-state index contributed by atoms with van der Waals surface area (Å²) >= 11 is 0. The van der Waals surface area contributed by atoms with E-state index in [1.165, 1.54) is 5.56 Å². The zero-order valence-electron chi connectivity index (χ0n) is 22.0. The lowest BCUT2D eigenvalue weighted by Gasteiger charge is -2.58. The minimum absolute atomic E-state index is 0.0494. The highest BCUT2D eigenvalue weighted by Crippen LogP contribution is 2.42. The molecule has 3 aromatic carbocycles. The van der Waals surface area contributed by atoms with Gasteiger partial charge in [0.1, 0.15) is 5.75 Å². The summed E-state index contributed by atoms with van der Waals surface area (Å²) in [6.45, 7) is 4.58. The molecule has 0 bridgehead atoms. The monoisotopic (exact) mass is 509 g/mol. The van der Waals surface area contributed by atoms with Crippen LogP contribution in [0.2, 0.25) is 0 Å². The highest BCUT2D eigenvalue weighted by Gasteiger charge is 2.50. The van der Waals surface area contributed by atoms with Crippen molar-refractivity contribution in [3.8, 4) is 17.6 Å². The average Bonchev–Trinajstić information content (AvgIpc) is 2.94. The molecule has 0 radical (unpaired) electrons. The fraction of sp³-hybridized carbons (Fsp3) is 0.344. The molecule has 2 aliphatic heterocycles. The van der Waals surface area contributed by atoms with Gasteiger partial charge in [0.15, 0.2) is 0 Å². The van der Waals surface area contributed by atoms with E-state index in [1.54, 1.807) is 7.11 Å². The lowest BCUT2D eigenvalue weighted by atomic mass is 9.73. The third-order valence-electron chi connectivity index (χ3n) is 7.74. The van der Waals surface area contributed by atoms with E-state index in [-0.39, 0.29) is 30.6 Å². The Morgan fingerprint density at radius 1 is 0.974 bits per heavy atom. The van der Waals surface area contributed by atoms with Crippen LogP contribution in [-0.2, 0) is 0 Å². The standard InChI is InChI=1S/C32H35N3O3/c1-23-18-19-34(32(37)33-27-14-16-28(38-2)17-15-27)21-29-31(30(22-36)35(29)20-23)26-12-10-25(11-13-26)9-8-24-6-4-3-5-7-24/h3-7,10-17,23,29-31,36H,18-22H2,1-2H3,(H,33,37)/t23?,29-,30+,31+/m0/s1. The molecule has 2 saturated heterocycles. The smallest absolute Gasteiger partial charge is 0.321 e. The Labute approximate surface area is 225 Å². The quantitative estimate of drug-likeness (QED) is 0.496. The van der Waals surface area contributed by atoms with Crippen molar-refractivity contribution in [3.05, 3.63) is 95.6 Å². The van der Waals surface area contributed by atoms with Crippen LogP contribution < -0.4 is 10.1 Å². The molecule has 196 valence electrons. The van der Waals surface area contributed by atoms with Gasteiger partial charge in [0.05, 0.1) is 13.7 Å². The molecule has 0 aliphatic carbocycles. The number of anilines is 1. The normalized spacial score (nSPS) is 23.1. The molecule has 3 aromatic rings. The number of carbonyl (C=O) groups excluding carboxylic acids is 1. The number of fused-ring (bicyclic) bond motifs is 1. The van der Waals surface area contributed by atoms with Gasteiger partial charge in [-0.3, -0.25) is 4.90 Å². The first-order valence-electron chi connectivity index (χ1n) is 13.3. The number of rotatable bonds is 4. The van der Waals surface area contributed by atoms with Crippen molar-refractivity contribution in [1.82, 2.24) is 9.80 Å². The van der Waals surface area contributed by atoms with Crippen LogP contribution >= 0.6 is 0 Å². The molecule has 2 amide bonds. The molecule has 4 atom stereocenters. The molecular formula is C32H35N3O3. The van der Waals surface area contributed by atoms with Crippen LogP contribution in [0.1, 0.15) is 36.0 Å². The van der Waals surface area contributed by atoms with Gasteiger partial charge in [-0.2, -0.15) is 0 Å². The lowest BCUT2D eigenvalue weighted by molar-refractivity contribution is -0.0680. The summed E-state index contributed by atoms with van der Waals surface area (Å²) in [6, 6.07) is 25.8. The van der Waals surface area contributed by atoms with Crippen LogP contribution in [0.4, 0.5) is 10.5 Å². The summed E-state index contributed by atoms with van der Waals surface area (Å²) in [7, 11) is 1.63. The molecule has 1 unspecified atom stereocenters. The van der Waals surface area contributed by atoms with Gasteiger partial charge < -0.3 is 20.1 Å². The van der Waals surface area contributed by atoms with E-state index >= 15 is 0 Å². The summed E-state index contributed by atoms with van der Waals surface area (Å²) in [5.41, 5.74) is 3.87. The number of nitrogens with one attached hydrogen (secondary N) is 1. The number of urea groups is 1. The van der Waals surface area contributed by atoms with E-state index in [0.29, 0.717) is 19.0 Å². The Morgan fingerprint density at radius 2 is 1.66 bits per heavy atom. The first-order chi connectivity index (χ1) is 18.6. The molecule has 2 heterocycles. The second kappa shape index (κ2) is 11.7. The molecule has 2 aliphatic rings. The van der Waals surface area contributed by atoms with E-state index in [4.69, 9.17) is 4.74 Å². The minimum Gasteiger partial charge on any atom is -0.497 e.